The number of morpholine rings is 1. The molecule has 1 aromatic rings. The van der Waals surface area contributed by atoms with Crippen LogP contribution in [0.25, 0.3) is 0 Å². The van der Waals surface area contributed by atoms with Crippen molar-refractivity contribution in [2.75, 3.05) is 37.7 Å². The van der Waals surface area contributed by atoms with Crippen molar-refractivity contribution in [3.63, 3.8) is 0 Å². The number of hydrogen-bond acceptors (Lipinski definition) is 3. The molecule has 0 amide bonds. The van der Waals surface area contributed by atoms with E-state index in [2.05, 4.69) is 10.2 Å². The van der Waals surface area contributed by atoms with Crippen molar-refractivity contribution in [1.29, 1.82) is 0 Å². The Morgan fingerprint density at radius 2 is 2.05 bits per heavy atom. The third-order valence-corrected chi connectivity index (χ3v) is 3.96. The zero-order valence-electron chi connectivity index (χ0n) is 11.2. The molecule has 3 nitrogen and oxygen atoms in total. The molecule has 2 heterocycles. The number of hydrogen-bond donors (Lipinski definition) is 1. The molecular weight excluding hydrogens is 243 g/mol. The molecule has 2 fully saturated rings. The molecule has 1 atom stereocenters. The molecule has 2 aliphatic heterocycles. The zero-order chi connectivity index (χ0) is 13.1. The Bertz CT molecular complexity index is 426. The van der Waals surface area contributed by atoms with Gasteiger partial charge in [0.2, 0.25) is 0 Å². The molecule has 4 heteroatoms. The summed E-state index contributed by atoms with van der Waals surface area (Å²) < 4.78 is 19.4. The monoisotopic (exact) mass is 264 g/mol. The van der Waals surface area contributed by atoms with Crippen LogP contribution in [0.1, 0.15) is 30.9 Å². The fourth-order valence-electron chi connectivity index (χ4n) is 2.97. The number of piperidine rings is 1. The SMILES string of the molecule is Fc1ccc(N2CCCCC2)c(C2CNCCO2)c1. The van der Waals surface area contributed by atoms with Gasteiger partial charge in [-0.3, -0.25) is 0 Å². The van der Waals surface area contributed by atoms with Crippen LogP contribution in [-0.2, 0) is 4.74 Å². The third-order valence-electron chi connectivity index (χ3n) is 3.96. The lowest BCUT2D eigenvalue weighted by Gasteiger charge is -2.33. The number of anilines is 1. The Morgan fingerprint density at radius 1 is 1.21 bits per heavy atom. The van der Waals surface area contributed by atoms with Crippen molar-refractivity contribution in [2.24, 2.45) is 0 Å². The normalized spacial score (nSPS) is 24.5. The van der Waals surface area contributed by atoms with Gasteiger partial charge in [0.1, 0.15) is 5.82 Å². The van der Waals surface area contributed by atoms with Gasteiger partial charge in [0, 0.05) is 37.4 Å². The molecule has 3 rings (SSSR count). The van der Waals surface area contributed by atoms with Crippen molar-refractivity contribution in [2.45, 2.75) is 25.4 Å². The van der Waals surface area contributed by atoms with Gasteiger partial charge in [-0.2, -0.15) is 0 Å². The van der Waals surface area contributed by atoms with Gasteiger partial charge >= 0.3 is 0 Å². The van der Waals surface area contributed by atoms with Crippen LogP contribution in [0.2, 0.25) is 0 Å². The van der Waals surface area contributed by atoms with Crippen molar-refractivity contribution >= 4 is 5.69 Å². The van der Waals surface area contributed by atoms with E-state index in [0.717, 1.165) is 37.4 Å². The highest BCUT2D eigenvalue weighted by Gasteiger charge is 2.23. The summed E-state index contributed by atoms with van der Waals surface area (Å²) in [5, 5.41) is 3.32. The fraction of sp³-hybridized carbons (Fsp3) is 0.600. The minimum atomic E-state index is -0.176. The van der Waals surface area contributed by atoms with Gasteiger partial charge in [0.15, 0.2) is 0 Å². The Kier molecular flexibility index (Phi) is 3.99. The van der Waals surface area contributed by atoms with Crippen LogP contribution in [0.3, 0.4) is 0 Å². The summed E-state index contributed by atoms with van der Waals surface area (Å²) >= 11 is 0. The Balaban J connectivity index is 1.88. The van der Waals surface area contributed by atoms with Crippen molar-refractivity contribution in [3.8, 4) is 0 Å². The molecular formula is C15H21FN2O. The van der Waals surface area contributed by atoms with E-state index in [4.69, 9.17) is 4.74 Å². The Morgan fingerprint density at radius 3 is 2.79 bits per heavy atom. The average Bonchev–Trinajstić information content (AvgIpc) is 2.49. The summed E-state index contributed by atoms with van der Waals surface area (Å²) in [5.74, 6) is -0.176. The largest absolute Gasteiger partial charge is 0.371 e. The molecule has 0 aliphatic carbocycles. The first kappa shape index (κ1) is 12.9. The van der Waals surface area contributed by atoms with E-state index in [-0.39, 0.29) is 11.9 Å². The lowest BCUT2D eigenvalue weighted by molar-refractivity contribution is 0.0278. The molecule has 2 aliphatic rings. The first-order valence-corrected chi connectivity index (χ1v) is 7.21. The summed E-state index contributed by atoms with van der Waals surface area (Å²) in [6.07, 6.45) is 3.72. The first-order valence-electron chi connectivity index (χ1n) is 7.21. The lowest BCUT2D eigenvalue weighted by atomic mass is 10.0. The summed E-state index contributed by atoms with van der Waals surface area (Å²) in [7, 11) is 0. The van der Waals surface area contributed by atoms with E-state index >= 15 is 0 Å². The minimum Gasteiger partial charge on any atom is -0.371 e. The van der Waals surface area contributed by atoms with Gasteiger partial charge in [0.05, 0.1) is 12.7 Å². The number of rotatable bonds is 2. The van der Waals surface area contributed by atoms with E-state index < -0.39 is 0 Å². The summed E-state index contributed by atoms with van der Waals surface area (Å²) in [5.41, 5.74) is 2.14. The van der Waals surface area contributed by atoms with Crippen molar-refractivity contribution in [3.05, 3.63) is 29.6 Å². The van der Waals surface area contributed by atoms with Gasteiger partial charge in [0.25, 0.3) is 0 Å². The molecule has 0 aromatic heterocycles. The van der Waals surface area contributed by atoms with Crippen LogP contribution in [0.15, 0.2) is 18.2 Å². The topological polar surface area (TPSA) is 24.5 Å². The van der Waals surface area contributed by atoms with E-state index in [1.807, 2.05) is 6.07 Å². The van der Waals surface area contributed by atoms with Crippen molar-refractivity contribution < 1.29 is 9.13 Å². The number of benzene rings is 1. The molecule has 0 bridgehead atoms. The summed E-state index contributed by atoms with van der Waals surface area (Å²) in [4.78, 5) is 2.37. The number of halogens is 1. The Labute approximate surface area is 113 Å². The van der Waals surface area contributed by atoms with Gasteiger partial charge in [-0.25, -0.2) is 4.39 Å². The van der Waals surface area contributed by atoms with E-state index in [9.17, 15) is 4.39 Å². The molecule has 2 saturated heterocycles. The molecule has 0 saturated carbocycles. The lowest BCUT2D eigenvalue weighted by Crippen LogP contribution is -2.35. The Hall–Kier alpha value is -1.13. The van der Waals surface area contributed by atoms with E-state index in [1.165, 1.54) is 19.3 Å². The highest BCUT2D eigenvalue weighted by Crippen LogP contribution is 2.31. The predicted molar refractivity (Wildman–Crippen MR) is 74.0 cm³/mol. The van der Waals surface area contributed by atoms with Crippen LogP contribution in [-0.4, -0.2) is 32.8 Å². The smallest absolute Gasteiger partial charge is 0.123 e. The maximum Gasteiger partial charge on any atom is 0.123 e. The van der Waals surface area contributed by atoms with Crippen LogP contribution in [0.4, 0.5) is 10.1 Å². The van der Waals surface area contributed by atoms with E-state index in [0.29, 0.717) is 6.61 Å². The highest BCUT2D eigenvalue weighted by molar-refractivity contribution is 5.55. The maximum atomic E-state index is 13.6. The van der Waals surface area contributed by atoms with E-state index in [1.54, 1.807) is 12.1 Å². The molecule has 1 aromatic carbocycles. The summed E-state index contributed by atoms with van der Waals surface area (Å²) in [6, 6.07) is 5.11. The molecule has 1 N–H and O–H groups in total. The van der Waals surface area contributed by atoms with Crippen LogP contribution in [0.5, 0.6) is 0 Å². The second kappa shape index (κ2) is 5.88. The van der Waals surface area contributed by atoms with Crippen molar-refractivity contribution in [1.82, 2.24) is 5.32 Å². The second-order valence-corrected chi connectivity index (χ2v) is 5.31. The molecule has 19 heavy (non-hydrogen) atoms. The van der Waals surface area contributed by atoms with Gasteiger partial charge in [-0.05, 0) is 37.5 Å². The number of nitrogens with zero attached hydrogens (tertiary/aromatic N) is 1. The third kappa shape index (κ3) is 2.90. The number of nitrogens with one attached hydrogen (secondary N) is 1. The standard InChI is InChI=1S/C15H21FN2O/c16-12-4-5-14(18-7-2-1-3-8-18)13(10-12)15-11-17-6-9-19-15/h4-5,10,15,17H,1-3,6-9,11H2. The maximum absolute atomic E-state index is 13.6. The quantitative estimate of drug-likeness (QED) is 0.888. The average molecular weight is 264 g/mol. The van der Waals surface area contributed by atoms with Gasteiger partial charge < -0.3 is 15.0 Å². The molecule has 0 radical (unpaired) electrons. The zero-order valence-corrected chi connectivity index (χ0v) is 11.2. The predicted octanol–water partition coefficient (Wildman–Crippen LogP) is 2.48. The van der Waals surface area contributed by atoms with Crippen LogP contribution < -0.4 is 10.2 Å². The molecule has 1 unspecified atom stereocenters. The highest BCUT2D eigenvalue weighted by atomic mass is 19.1. The molecule has 104 valence electrons. The molecule has 0 spiro atoms. The minimum absolute atomic E-state index is 0.0265. The van der Waals surface area contributed by atoms with Crippen LogP contribution >= 0.6 is 0 Å². The summed E-state index contributed by atoms with van der Waals surface area (Å²) in [6.45, 7) is 4.48. The first-order chi connectivity index (χ1) is 9.34. The van der Waals surface area contributed by atoms with Crippen LogP contribution in [0, 0.1) is 5.82 Å². The number of ether oxygens (including phenoxy) is 1. The second-order valence-electron chi connectivity index (χ2n) is 5.31. The van der Waals surface area contributed by atoms with Gasteiger partial charge in [-0.1, -0.05) is 0 Å². The fourth-order valence-corrected chi connectivity index (χ4v) is 2.97. The van der Waals surface area contributed by atoms with Gasteiger partial charge in [-0.15, -0.1) is 0 Å².